The highest BCUT2D eigenvalue weighted by molar-refractivity contribution is 5.79. The van der Waals surface area contributed by atoms with Crippen LogP contribution in [0.25, 0.3) is 10.9 Å². The molecule has 3 heterocycles. The van der Waals surface area contributed by atoms with Crippen LogP contribution in [0.2, 0.25) is 0 Å². The van der Waals surface area contributed by atoms with E-state index < -0.39 is 5.82 Å². The number of nitrogens with one attached hydrogen (secondary N) is 2. The third-order valence-corrected chi connectivity index (χ3v) is 5.26. The molecule has 3 aromatic rings. The van der Waals surface area contributed by atoms with Gasteiger partial charge in [0.05, 0.1) is 5.52 Å². The SMILES string of the molecule is O=C(Cn1cnnn1)NCC1CCN(Cc2cc(=O)c3cccc(F)c3[nH]2)CC1. The van der Waals surface area contributed by atoms with Crippen molar-refractivity contribution in [2.75, 3.05) is 19.6 Å². The van der Waals surface area contributed by atoms with Gasteiger partial charge in [0.1, 0.15) is 18.7 Å². The molecule has 0 atom stereocenters. The summed E-state index contributed by atoms with van der Waals surface area (Å²) >= 11 is 0. The third-order valence-electron chi connectivity index (χ3n) is 5.26. The number of carbonyl (C=O) groups is 1. The summed E-state index contributed by atoms with van der Waals surface area (Å²) in [6.07, 6.45) is 3.29. The molecule has 0 unspecified atom stereocenters. The molecule has 0 radical (unpaired) electrons. The molecule has 9 nitrogen and oxygen atoms in total. The molecule has 1 aromatic carbocycles. The fourth-order valence-corrected chi connectivity index (χ4v) is 3.68. The van der Waals surface area contributed by atoms with Crippen molar-refractivity contribution >= 4 is 16.8 Å². The number of piperidine rings is 1. The van der Waals surface area contributed by atoms with E-state index in [0.717, 1.165) is 25.9 Å². The van der Waals surface area contributed by atoms with Crippen LogP contribution in [0.4, 0.5) is 4.39 Å². The number of rotatable bonds is 6. The monoisotopic (exact) mass is 399 g/mol. The Labute approximate surface area is 165 Å². The van der Waals surface area contributed by atoms with E-state index in [1.165, 1.54) is 17.1 Å². The molecule has 0 bridgehead atoms. The van der Waals surface area contributed by atoms with E-state index >= 15 is 0 Å². The first-order valence-corrected chi connectivity index (χ1v) is 9.59. The van der Waals surface area contributed by atoms with Crippen molar-refractivity contribution in [1.82, 2.24) is 35.4 Å². The third kappa shape index (κ3) is 4.65. The molecule has 1 aliphatic heterocycles. The summed E-state index contributed by atoms with van der Waals surface area (Å²) in [4.78, 5) is 29.5. The molecule has 29 heavy (non-hydrogen) atoms. The Balaban J connectivity index is 1.28. The molecule has 1 aliphatic rings. The molecule has 2 aromatic heterocycles. The molecule has 152 valence electrons. The Hall–Kier alpha value is -3.14. The fourth-order valence-electron chi connectivity index (χ4n) is 3.68. The lowest BCUT2D eigenvalue weighted by atomic mass is 9.96. The Kier molecular flexibility index (Phi) is 5.61. The molecular weight excluding hydrogens is 377 g/mol. The zero-order valence-electron chi connectivity index (χ0n) is 15.8. The first-order valence-electron chi connectivity index (χ1n) is 9.59. The number of amides is 1. The second-order valence-electron chi connectivity index (χ2n) is 7.35. The number of pyridine rings is 1. The number of likely N-dealkylation sites (tertiary alicyclic amines) is 1. The Morgan fingerprint density at radius 2 is 2.14 bits per heavy atom. The highest BCUT2D eigenvalue weighted by Gasteiger charge is 2.20. The normalized spacial score (nSPS) is 15.6. The van der Waals surface area contributed by atoms with E-state index in [4.69, 9.17) is 0 Å². The van der Waals surface area contributed by atoms with Gasteiger partial charge in [0.25, 0.3) is 0 Å². The molecule has 0 aliphatic carbocycles. The van der Waals surface area contributed by atoms with Gasteiger partial charge in [0.2, 0.25) is 5.91 Å². The summed E-state index contributed by atoms with van der Waals surface area (Å²) < 4.78 is 15.4. The van der Waals surface area contributed by atoms with Gasteiger partial charge >= 0.3 is 0 Å². The van der Waals surface area contributed by atoms with E-state index in [-0.39, 0.29) is 23.4 Å². The first kappa shape index (κ1) is 19.2. The van der Waals surface area contributed by atoms with Crippen LogP contribution in [0.15, 0.2) is 35.4 Å². The van der Waals surface area contributed by atoms with Crippen LogP contribution in [0.1, 0.15) is 18.5 Å². The molecule has 2 N–H and O–H groups in total. The van der Waals surface area contributed by atoms with Gasteiger partial charge < -0.3 is 10.3 Å². The van der Waals surface area contributed by atoms with Crippen molar-refractivity contribution in [2.45, 2.75) is 25.9 Å². The predicted molar refractivity (Wildman–Crippen MR) is 103 cm³/mol. The number of hydrogen-bond acceptors (Lipinski definition) is 6. The number of hydrogen-bond donors (Lipinski definition) is 2. The smallest absolute Gasteiger partial charge is 0.241 e. The summed E-state index contributed by atoms with van der Waals surface area (Å²) in [5, 5.41) is 14.0. The zero-order chi connectivity index (χ0) is 20.2. The van der Waals surface area contributed by atoms with Crippen LogP contribution < -0.4 is 10.7 Å². The van der Waals surface area contributed by atoms with Crippen molar-refractivity contribution in [3.63, 3.8) is 0 Å². The predicted octanol–water partition coefficient (Wildman–Crippen LogP) is 0.682. The minimum Gasteiger partial charge on any atom is -0.355 e. The van der Waals surface area contributed by atoms with Gasteiger partial charge in [0.15, 0.2) is 5.43 Å². The molecule has 1 saturated heterocycles. The van der Waals surface area contributed by atoms with E-state index in [1.807, 2.05) is 0 Å². The van der Waals surface area contributed by atoms with E-state index in [1.54, 1.807) is 18.2 Å². The molecule has 1 amide bonds. The standard InChI is InChI=1S/C19H22FN7O2/c20-16-3-1-2-15-17(28)8-14(23-19(15)16)10-26-6-4-13(5-7-26)9-21-18(29)11-27-12-22-24-25-27/h1-3,8,12-13H,4-7,9-11H2,(H,21,29)(H,23,28). The molecule has 1 fully saturated rings. The number of carbonyl (C=O) groups excluding carboxylic acids is 1. The van der Waals surface area contributed by atoms with Crippen LogP contribution in [-0.2, 0) is 17.9 Å². The number of halogens is 1. The van der Waals surface area contributed by atoms with Crippen molar-refractivity contribution in [3.05, 3.63) is 52.3 Å². The molecule has 0 spiro atoms. The van der Waals surface area contributed by atoms with Gasteiger partial charge in [-0.1, -0.05) is 6.07 Å². The van der Waals surface area contributed by atoms with Crippen LogP contribution in [0.5, 0.6) is 0 Å². The minimum absolute atomic E-state index is 0.109. The fraction of sp³-hybridized carbons (Fsp3) is 0.421. The van der Waals surface area contributed by atoms with Crippen LogP contribution in [0, 0.1) is 11.7 Å². The van der Waals surface area contributed by atoms with Gasteiger partial charge in [0, 0.05) is 30.2 Å². The number of fused-ring (bicyclic) bond motifs is 1. The maximum absolute atomic E-state index is 14.0. The zero-order valence-corrected chi connectivity index (χ0v) is 15.8. The second kappa shape index (κ2) is 8.48. The van der Waals surface area contributed by atoms with Gasteiger partial charge in [-0.15, -0.1) is 5.10 Å². The molecular formula is C19H22FN7O2. The average Bonchev–Trinajstić information content (AvgIpc) is 3.21. The number of para-hydroxylation sites is 1. The van der Waals surface area contributed by atoms with Gasteiger partial charge in [-0.05, 0) is 54.4 Å². The van der Waals surface area contributed by atoms with Gasteiger partial charge in [-0.2, -0.15) is 0 Å². The van der Waals surface area contributed by atoms with Crippen molar-refractivity contribution in [3.8, 4) is 0 Å². The van der Waals surface area contributed by atoms with Crippen LogP contribution in [-0.4, -0.2) is 55.6 Å². The maximum atomic E-state index is 14.0. The number of benzene rings is 1. The highest BCUT2D eigenvalue weighted by Crippen LogP contribution is 2.19. The topological polar surface area (TPSA) is 109 Å². The lowest BCUT2D eigenvalue weighted by Crippen LogP contribution is -2.39. The number of tetrazole rings is 1. The first-order chi connectivity index (χ1) is 14.1. The van der Waals surface area contributed by atoms with E-state index in [0.29, 0.717) is 30.1 Å². The average molecular weight is 399 g/mol. The van der Waals surface area contributed by atoms with Gasteiger partial charge in [-0.25, -0.2) is 9.07 Å². The minimum atomic E-state index is -0.419. The number of aromatic amines is 1. The Morgan fingerprint density at radius 3 is 2.90 bits per heavy atom. The summed E-state index contributed by atoms with van der Waals surface area (Å²) in [5.41, 5.74) is 0.796. The van der Waals surface area contributed by atoms with Crippen LogP contribution in [0.3, 0.4) is 0 Å². The Bertz CT molecular complexity index is 1040. The number of H-pyrrole nitrogens is 1. The van der Waals surface area contributed by atoms with Crippen molar-refractivity contribution in [2.24, 2.45) is 5.92 Å². The summed E-state index contributed by atoms with van der Waals surface area (Å²) in [7, 11) is 0. The summed E-state index contributed by atoms with van der Waals surface area (Å²) in [6, 6.07) is 6.06. The van der Waals surface area contributed by atoms with Crippen LogP contribution >= 0.6 is 0 Å². The lowest BCUT2D eigenvalue weighted by molar-refractivity contribution is -0.122. The van der Waals surface area contributed by atoms with Crippen molar-refractivity contribution < 1.29 is 9.18 Å². The Morgan fingerprint density at radius 1 is 1.31 bits per heavy atom. The summed E-state index contributed by atoms with van der Waals surface area (Å²) in [5.74, 6) is -0.134. The largest absolute Gasteiger partial charge is 0.355 e. The second-order valence-corrected chi connectivity index (χ2v) is 7.35. The van der Waals surface area contributed by atoms with Crippen molar-refractivity contribution in [1.29, 1.82) is 0 Å². The quantitative estimate of drug-likeness (QED) is 0.631. The van der Waals surface area contributed by atoms with Gasteiger partial charge in [-0.3, -0.25) is 14.5 Å². The maximum Gasteiger partial charge on any atom is 0.241 e. The molecule has 4 rings (SSSR count). The van der Waals surface area contributed by atoms with E-state index in [2.05, 4.69) is 30.7 Å². The molecule has 10 heteroatoms. The number of nitrogens with zero attached hydrogens (tertiary/aromatic N) is 5. The number of aromatic nitrogens is 5. The highest BCUT2D eigenvalue weighted by atomic mass is 19.1. The van der Waals surface area contributed by atoms with E-state index in [9.17, 15) is 14.0 Å². The lowest BCUT2D eigenvalue weighted by Gasteiger charge is -2.32. The summed E-state index contributed by atoms with van der Waals surface area (Å²) in [6.45, 7) is 3.00. The molecule has 0 saturated carbocycles.